The SMILES string of the molecule is CC1C(c2ccccc2)OCCN1C(=O)CN(C)C. The van der Waals surface area contributed by atoms with Crippen molar-refractivity contribution >= 4 is 5.91 Å². The Hall–Kier alpha value is -1.39. The van der Waals surface area contributed by atoms with E-state index in [-0.39, 0.29) is 18.1 Å². The highest BCUT2D eigenvalue weighted by Gasteiger charge is 2.32. The Kier molecular flexibility index (Phi) is 4.56. The van der Waals surface area contributed by atoms with Crippen LogP contribution in [0.3, 0.4) is 0 Å². The molecule has 0 bridgehead atoms. The molecule has 1 amide bonds. The van der Waals surface area contributed by atoms with Crippen LogP contribution in [0.15, 0.2) is 30.3 Å². The molecule has 4 nitrogen and oxygen atoms in total. The third-order valence-electron chi connectivity index (χ3n) is 3.46. The largest absolute Gasteiger partial charge is 0.370 e. The molecule has 1 aromatic carbocycles. The first kappa shape index (κ1) is 14.0. The van der Waals surface area contributed by atoms with Crippen LogP contribution in [0.1, 0.15) is 18.6 Å². The normalized spacial score (nSPS) is 23.7. The lowest BCUT2D eigenvalue weighted by Gasteiger charge is -2.40. The summed E-state index contributed by atoms with van der Waals surface area (Å²) in [5.74, 6) is 0.168. The van der Waals surface area contributed by atoms with Gasteiger partial charge in [-0.05, 0) is 26.6 Å². The number of hydrogen-bond donors (Lipinski definition) is 0. The Labute approximate surface area is 115 Å². The van der Waals surface area contributed by atoms with Crippen molar-refractivity contribution in [1.82, 2.24) is 9.80 Å². The highest BCUT2D eigenvalue weighted by atomic mass is 16.5. The molecule has 4 heteroatoms. The molecule has 0 N–H and O–H groups in total. The van der Waals surface area contributed by atoms with Gasteiger partial charge in [0.1, 0.15) is 6.10 Å². The zero-order valence-corrected chi connectivity index (χ0v) is 11.9. The number of likely N-dealkylation sites (N-methyl/N-ethyl adjacent to an activating group) is 1. The summed E-state index contributed by atoms with van der Waals surface area (Å²) in [6.07, 6.45) is -0.0268. The molecule has 0 aliphatic carbocycles. The van der Waals surface area contributed by atoms with Crippen LogP contribution in [0.4, 0.5) is 0 Å². The number of rotatable bonds is 3. The summed E-state index contributed by atoms with van der Waals surface area (Å²) >= 11 is 0. The van der Waals surface area contributed by atoms with E-state index in [1.54, 1.807) is 0 Å². The average Bonchev–Trinajstić information content (AvgIpc) is 2.39. The number of nitrogens with zero attached hydrogens (tertiary/aromatic N) is 2. The first-order chi connectivity index (χ1) is 9.09. The molecule has 0 aromatic heterocycles. The van der Waals surface area contributed by atoms with E-state index in [1.165, 1.54) is 0 Å². The monoisotopic (exact) mass is 262 g/mol. The minimum absolute atomic E-state index is 0.0268. The summed E-state index contributed by atoms with van der Waals surface area (Å²) in [5, 5.41) is 0. The molecule has 1 fully saturated rings. The second-order valence-corrected chi connectivity index (χ2v) is 5.27. The van der Waals surface area contributed by atoms with Gasteiger partial charge in [-0.15, -0.1) is 0 Å². The average molecular weight is 262 g/mol. The third kappa shape index (κ3) is 3.33. The van der Waals surface area contributed by atoms with Gasteiger partial charge >= 0.3 is 0 Å². The van der Waals surface area contributed by atoms with E-state index in [4.69, 9.17) is 4.74 Å². The summed E-state index contributed by atoms with van der Waals surface area (Å²) in [4.78, 5) is 16.1. The molecule has 19 heavy (non-hydrogen) atoms. The Bertz CT molecular complexity index is 419. The third-order valence-corrected chi connectivity index (χ3v) is 3.46. The topological polar surface area (TPSA) is 32.8 Å². The molecule has 1 aromatic rings. The zero-order chi connectivity index (χ0) is 13.8. The standard InChI is InChI=1S/C15H22N2O2/c1-12-15(13-7-5-4-6-8-13)19-10-9-17(12)14(18)11-16(2)3/h4-8,12,15H,9-11H2,1-3H3. The maximum absolute atomic E-state index is 12.2. The summed E-state index contributed by atoms with van der Waals surface area (Å²) in [5.41, 5.74) is 1.14. The van der Waals surface area contributed by atoms with Crippen molar-refractivity contribution in [3.8, 4) is 0 Å². The van der Waals surface area contributed by atoms with Gasteiger partial charge in [0, 0.05) is 6.54 Å². The molecule has 0 radical (unpaired) electrons. The number of morpholine rings is 1. The van der Waals surface area contributed by atoms with Crippen molar-refractivity contribution in [3.05, 3.63) is 35.9 Å². The number of amides is 1. The van der Waals surface area contributed by atoms with Crippen LogP contribution in [0.5, 0.6) is 0 Å². The quantitative estimate of drug-likeness (QED) is 0.828. The van der Waals surface area contributed by atoms with Crippen molar-refractivity contribution in [1.29, 1.82) is 0 Å². The molecule has 1 aliphatic rings. The van der Waals surface area contributed by atoms with Crippen LogP contribution in [0.2, 0.25) is 0 Å². The Morgan fingerprint density at radius 2 is 2.05 bits per heavy atom. The van der Waals surface area contributed by atoms with Crippen molar-refractivity contribution < 1.29 is 9.53 Å². The Balaban J connectivity index is 2.10. The summed E-state index contributed by atoms with van der Waals surface area (Å²) in [7, 11) is 3.83. The van der Waals surface area contributed by atoms with Crippen LogP contribution in [0, 0.1) is 0 Å². The van der Waals surface area contributed by atoms with Gasteiger partial charge < -0.3 is 14.5 Å². The van der Waals surface area contributed by atoms with Gasteiger partial charge in [-0.25, -0.2) is 0 Å². The molecule has 1 aliphatic heterocycles. The van der Waals surface area contributed by atoms with Gasteiger partial charge in [0.05, 0.1) is 19.2 Å². The van der Waals surface area contributed by atoms with Gasteiger partial charge in [-0.2, -0.15) is 0 Å². The van der Waals surface area contributed by atoms with Gasteiger partial charge in [0.25, 0.3) is 0 Å². The Morgan fingerprint density at radius 1 is 1.37 bits per heavy atom. The van der Waals surface area contributed by atoms with Crippen molar-refractivity contribution in [2.75, 3.05) is 33.8 Å². The fourth-order valence-corrected chi connectivity index (χ4v) is 2.51. The molecule has 0 spiro atoms. The van der Waals surface area contributed by atoms with Crippen LogP contribution in [0.25, 0.3) is 0 Å². The number of carbonyl (C=O) groups is 1. The molecule has 1 saturated heterocycles. The van der Waals surface area contributed by atoms with Gasteiger partial charge in [-0.1, -0.05) is 30.3 Å². The van der Waals surface area contributed by atoms with Gasteiger partial charge in [0.15, 0.2) is 0 Å². The first-order valence-electron chi connectivity index (χ1n) is 6.70. The van der Waals surface area contributed by atoms with Crippen molar-refractivity contribution in [3.63, 3.8) is 0 Å². The maximum atomic E-state index is 12.2. The summed E-state index contributed by atoms with van der Waals surface area (Å²) < 4.78 is 5.85. The fourth-order valence-electron chi connectivity index (χ4n) is 2.51. The van der Waals surface area contributed by atoms with E-state index < -0.39 is 0 Å². The molecule has 2 unspecified atom stereocenters. The van der Waals surface area contributed by atoms with Gasteiger partial charge in [0.2, 0.25) is 5.91 Å². The van der Waals surface area contributed by atoms with Crippen LogP contribution in [-0.4, -0.2) is 55.5 Å². The van der Waals surface area contributed by atoms with Crippen molar-refractivity contribution in [2.24, 2.45) is 0 Å². The van der Waals surface area contributed by atoms with Crippen molar-refractivity contribution in [2.45, 2.75) is 19.1 Å². The molecule has 0 saturated carbocycles. The van der Waals surface area contributed by atoms with Crippen LogP contribution < -0.4 is 0 Å². The lowest BCUT2D eigenvalue weighted by atomic mass is 10.0. The summed E-state index contributed by atoms with van der Waals surface area (Å²) in [6, 6.07) is 10.2. The molecule has 104 valence electrons. The van der Waals surface area contributed by atoms with Crippen LogP contribution >= 0.6 is 0 Å². The lowest BCUT2D eigenvalue weighted by Crippen LogP contribution is -2.51. The second-order valence-electron chi connectivity index (χ2n) is 5.27. The second kappa shape index (κ2) is 6.17. The smallest absolute Gasteiger partial charge is 0.237 e. The highest BCUT2D eigenvalue weighted by Crippen LogP contribution is 2.28. The summed E-state index contributed by atoms with van der Waals surface area (Å²) in [6.45, 7) is 3.79. The number of ether oxygens (including phenoxy) is 1. The number of benzene rings is 1. The lowest BCUT2D eigenvalue weighted by molar-refractivity contribution is -0.146. The highest BCUT2D eigenvalue weighted by molar-refractivity contribution is 5.78. The molecule has 2 rings (SSSR count). The minimum Gasteiger partial charge on any atom is -0.370 e. The molecule has 1 heterocycles. The molecule has 2 atom stereocenters. The van der Waals surface area contributed by atoms with E-state index in [9.17, 15) is 4.79 Å². The predicted octanol–water partition coefficient (Wildman–Crippen LogP) is 1.54. The van der Waals surface area contributed by atoms with E-state index >= 15 is 0 Å². The van der Waals surface area contributed by atoms with E-state index in [0.29, 0.717) is 19.7 Å². The van der Waals surface area contributed by atoms with Gasteiger partial charge in [-0.3, -0.25) is 4.79 Å². The molecular weight excluding hydrogens is 240 g/mol. The number of carbonyl (C=O) groups excluding carboxylic acids is 1. The number of hydrogen-bond acceptors (Lipinski definition) is 3. The molecular formula is C15H22N2O2. The van der Waals surface area contributed by atoms with E-state index in [1.807, 2.05) is 42.1 Å². The van der Waals surface area contributed by atoms with E-state index in [2.05, 4.69) is 19.1 Å². The van der Waals surface area contributed by atoms with E-state index in [0.717, 1.165) is 5.56 Å². The van der Waals surface area contributed by atoms with Crippen LogP contribution in [-0.2, 0) is 9.53 Å². The first-order valence-corrected chi connectivity index (χ1v) is 6.70. The Morgan fingerprint density at radius 3 is 2.68 bits per heavy atom. The fraction of sp³-hybridized carbons (Fsp3) is 0.533. The predicted molar refractivity (Wildman–Crippen MR) is 74.9 cm³/mol. The minimum atomic E-state index is -0.0268. The maximum Gasteiger partial charge on any atom is 0.237 e. The zero-order valence-electron chi connectivity index (χ0n) is 11.9.